The average Bonchev–Trinajstić information content (AvgIpc) is 3.04. The highest BCUT2D eigenvalue weighted by molar-refractivity contribution is 5.94. The molecule has 1 N–H and O–H groups in total. The number of hydrogen-bond donors (Lipinski definition) is 1. The SMILES string of the molecule is C[C@@]1(CNC(=O)c2ccc3c(c2)OCO3)CCOC1. The van der Waals surface area contributed by atoms with Crippen LogP contribution in [-0.4, -0.2) is 32.5 Å². The lowest BCUT2D eigenvalue weighted by Gasteiger charge is -2.21. The van der Waals surface area contributed by atoms with Crippen LogP contribution in [-0.2, 0) is 4.74 Å². The van der Waals surface area contributed by atoms with Crippen molar-refractivity contribution in [2.45, 2.75) is 13.3 Å². The Bertz CT molecular complexity index is 494. The van der Waals surface area contributed by atoms with Crippen molar-refractivity contribution in [2.75, 3.05) is 26.6 Å². The maximum absolute atomic E-state index is 12.1. The van der Waals surface area contributed by atoms with Crippen LogP contribution in [0.1, 0.15) is 23.7 Å². The van der Waals surface area contributed by atoms with E-state index in [1.807, 2.05) is 0 Å². The Morgan fingerprint density at radius 2 is 2.21 bits per heavy atom. The minimum atomic E-state index is -0.0913. The summed E-state index contributed by atoms with van der Waals surface area (Å²) in [6, 6.07) is 5.22. The minimum absolute atomic E-state index is 0.0476. The molecule has 1 atom stereocenters. The predicted molar refractivity (Wildman–Crippen MR) is 68.4 cm³/mol. The summed E-state index contributed by atoms with van der Waals surface area (Å²) in [5.74, 6) is 1.22. The Morgan fingerprint density at radius 1 is 1.37 bits per heavy atom. The van der Waals surface area contributed by atoms with Crippen molar-refractivity contribution in [3.63, 3.8) is 0 Å². The van der Waals surface area contributed by atoms with E-state index in [2.05, 4.69) is 12.2 Å². The van der Waals surface area contributed by atoms with Gasteiger partial charge in [0.1, 0.15) is 0 Å². The Labute approximate surface area is 111 Å². The molecule has 0 saturated carbocycles. The van der Waals surface area contributed by atoms with Crippen molar-refractivity contribution in [2.24, 2.45) is 5.41 Å². The molecule has 2 aliphatic rings. The van der Waals surface area contributed by atoms with E-state index in [4.69, 9.17) is 14.2 Å². The molecule has 0 aromatic heterocycles. The van der Waals surface area contributed by atoms with Crippen LogP contribution in [0.2, 0.25) is 0 Å². The van der Waals surface area contributed by atoms with Crippen LogP contribution in [0.4, 0.5) is 0 Å². The first-order valence-corrected chi connectivity index (χ1v) is 6.42. The zero-order valence-electron chi connectivity index (χ0n) is 10.9. The van der Waals surface area contributed by atoms with Gasteiger partial charge in [0.05, 0.1) is 6.61 Å². The van der Waals surface area contributed by atoms with E-state index in [0.29, 0.717) is 30.2 Å². The van der Waals surface area contributed by atoms with Gasteiger partial charge in [-0.25, -0.2) is 0 Å². The molecule has 1 aromatic carbocycles. The molecule has 1 amide bonds. The second-order valence-electron chi connectivity index (χ2n) is 5.36. The van der Waals surface area contributed by atoms with Crippen molar-refractivity contribution in [1.82, 2.24) is 5.32 Å². The summed E-state index contributed by atoms with van der Waals surface area (Å²) >= 11 is 0. The summed E-state index contributed by atoms with van der Waals surface area (Å²) in [5, 5.41) is 2.96. The molecular formula is C14H17NO4. The topological polar surface area (TPSA) is 56.8 Å². The molecule has 0 spiro atoms. The third-order valence-corrected chi connectivity index (χ3v) is 3.61. The first-order chi connectivity index (χ1) is 9.16. The number of benzene rings is 1. The van der Waals surface area contributed by atoms with E-state index in [0.717, 1.165) is 13.0 Å². The van der Waals surface area contributed by atoms with Crippen LogP contribution in [0.15, 0.2) is 18.2 Å². The van der Waals surface area contributed by atoms with E-state index in [9.17, 15) is 4.79 Å². The van der Waals surface area contributed by atoms with Crippen LogP contribution in [0, 0.1) is 5.41 Å². The largest absolute Gasteiger partial charge is 0.454 e. The van der Waals surface area contributed by atoms with Gasteiger partial charge in [-0.1, -0.05) is 6.92 Å². The maximum Gasteiger partial charge on any atom is 0.251 e. The first-order valence-electron chi connectivity index (χ1n) is 6.42. The summed E-state index contributed by atoms with van der Waals surface area (Å²) < 4.78 is 15.9. The molecule has 2 heterocycles. The Hall–Kier alpha value is -1.75. The van der Waals surface area contributed by atoms with Gasteiger partial charge in [-0.2, -0.15) is 0 Å². The summed E-state index contributed by atoms with van der Waals surface area (Å²) in [6.45, 7) is 4.45. The van der Waals surface area contributed by atoms with E-state index in [1.165, 1.54) is 0 Å². The van der Waals surface area contributed by atoms with Crippen molar-refractivity contribution >= 4 is 5.91 Å². The number of amides is 1. The molecule has 3 rings (SSSR count). The average molecular weight is 263 g/mol. The second kappa shape index (κ2) is 4.74. The van der Waals surface area contributed by atoms with Gasteiger partial charge in [-0.15, -0.1) is 0 Å². The molecule has 2 aliphatic heterocycles. The number of nitrogens with one attached hydrogen (secondary N) is 1. The molecule has 0 radical (unpaired) electrons. The highest BCUT2D eigenvalue weighted by Crippen LogP contribution is 2.32. The standard InChI is InChI=1S/C14H17NO4/c1-14(4-5-17-8-14)7-15-13(16)10-2-3-11-12(6-10)19-9-18-11/h2-3,6H,4-5,7-9H2,1H3,(H,15,16)/t14-/m0/s1. The summed E-state index contributed by atoms with van der Waals surface area (Å²) in [5.41, 5.74) is 0.637. The zero-order chi connectivity index (χ0) is 13.3. The fourth-order valence-electron chi connectivity index (χ4n) is 2.28. The molecule has 1 saturated heterocycles. The number of carbonyl (C=O) groups is 1. The van der Waals surface area contributed by atoms with Gasteiger partial charge in [0.25, 0.3) is 5.91 Å². The van der Waals surface area contributed by atoms with Gasteiger partial charge < -0.3 is 19.5 Å². The number of hydrogen-bond acceptors (Lipinski definition) is 4. The summed E-state index contributed by atoms with van der Waals surface area (Å²) in [4.78, 5) is 12.1. The van der Waals surface area contributed by atoms with Crippen molar-refractivity contribution in [3.8, 4) is 11.5 Å². The summed E-state index contributed by atoms with van der Waals surface area (Å²) in [7, 11) is 0. The number of rotatable bonds is 3. The van der Waals surface area contributed by atoms with Crippen LogP contribution in [0.3, 0.4) is 0 Å². The molecule has 1 fully saturated rings. The van der Waals surface area contributed by atoms with Gasteiger partial charge >= 0.3 is 0 Å². The van der Waals surface area contributed by atoms with E-state index >= 15 is 0 Å². The highest BCUT2D eigenvalue weighted by Gasteiger charge is 2.30. The lowest BCUT2D eigenvalue weighted by Crippen LogP contribution is -2.36. The van der Waals surface area contributed by atoms with E-state index in [1.54, 1.807) is 18.2 Å². The molecule has 5 heteroatoms. The van der Waals surface area contributed by atoms with Crippen molar-refractivity contribution < 1.29 is 19.0 Å². The molecule has 0 bridgehead atoms. The quantitative estimate of drug-likeness (QED) is 0.899. The monoisotopic (exact) mass is 263 g/mol. The van der Waals surface area contributed by atoms with Crippen LogP contribution in [0.25, 0.3) is 0 Å². The second-order valence-corrected chi connectivity index (χ2v) is 5.36. The number of carbonyl (C=O) groups excluding carboxylic acids is 1. The third-order valence-electron chi connectivity index (χ3n) is 3.61. The van der Waals surface area contributed by atoms with Gasteiger partial charge in [0.2, 0.25) is 6.79 Å². The first kappa shape index (κ1) is 12.3. The molecule has 102 valence electrons. The normalized spacial score (nSPS) is 24.5. The van der Waals surface area contributed by atoms with Gasteiger partial charge in [0.15, 0.2) is 11.5 Å². The molecule has 5 nitrogen and oxygen atoms in total. The predicted octanol–water partition coefficient (Wildman–Crippen LogP) is 1.57. The minimum Gasteiger partial charge on any atom is -0.454 e. The van der Waals surface area contributed by atoms with Gasteiger partial charge in [-0.05, 0) is 24.6 Å². The van der Waals surface area contributed by atoms with E-state index in [-0.39, 0.29) is 18.1 Å². The Morgan fingerprint density at radius 3 is 3.00 bits per heavy atom. The smallest absolute Gasteiger partial charge is 0.251 e. The molecular weight excluding hydrogens is 246 g/mol. The van der Waals surface area contributed by atoms with Crippen LogP contribution < -0.4 is 14.8 Å². The van der Waals surface area contributed by atoms with Gasteiger partial charge in [0, 0.05) is 24.1 Å². The Kier molecular flexibility index (Phi) is 3.06. The molecule has 0 aliphatic carbocycles. The molecule has 1 aromatic rings. The lowest BCUT2D eigenvalue weighted by molar-refractivity contribution is 0.0924. The third kappa shape index (κ3) is 2.51. The highest BCUT2D eigenvalue weighted by atomic mass is 16.7. The maximum atomic E-state index is 12.1. The van der Waals surface area contributed by atoms with Gasteiger partial charge in [-0.3, -0.25) is 4.79 Å². The summed E-state index contributed by atoms with van der Waals surface area (Å²) in [6.07, 6.45) is 0.981. The fourth-order valence-corrected chi connectivity index (χ4v) is 2.28. The van der Waals surface area contributed by atoms with Crippen molar-refractivity contribution in [1.29, 1.82) is 0 Å². The molecule has 0 unspecified atom stereocenters. The Balaban J connectivity index is 1.64. The number of ether oxygens (including phenoxy) is 3. The van der Waals surface area contributed by atoms with Crippen LogP contribution >= 0.6 is 0 Å². The molecule has 19 heavy (non-hydrogen) atoms. The fraction of sp³-hybridized carbons (Fsp3) is 0.500. The van der Waals surface area contributed by atoms with Crippen LogP contribution in [0.5, 0.6) is 11.5 Å². The zero-order valence-corrected chi connectivity index (χ0v) is 10.9. The lowest BCUT2D eigenvalue weighted by atomic mass is 9.90. The number of fused-ring (bicyclic) bond motifs is 1. The van der Waals surface area contributed by atoms with E-state index < -0.39 is 0 Å². The van der Waals surface area contributed by atoms with Crippen molar-refractivity contribution in [3.05, 3.63) is 23.8 Å².